The van der Waals surface area contributed by atoms with Gasteiger partial charge in [-0.25, -0.2) is 0 Å². The average molecular weight is 306 g/mol. The van der Waals surface area contributed by atoms with E-state index in [1.807, 2.05) is 0 Å². The summed E-state index contributed by atoms with van der Waals surface area (Å²) in [6, 6.07) is 3.16. The molecule has 2 saturated heterocycles. The number of likely N-dealkylation sites (tertiary alicyclic amines) is 1. The molecule has 0 aliphatic carbocycles. The van der Waals surface area contributed by atoms with E-state index in [0.29, 0.717) is 0 Å². The van der Waals surface area contributed by atoms with E-state index in [-0.39, 0.29) is 5.82 Å². The molecule has 7 nitrogen and oxygen atoms in total. The molecule has 0 atom stereocenters. The number of hydrogen-bond acceptors (Lipinski definition) is 6. The first-order chi connectivity index (χ1) is 10.6. The van der Waals surface area contributed by atoms with Gasteiger partial charge < -0.3 is 25.0 Å². The Balaban J connectivity index is 1.57. The summed E-state index contributed by atoms with van der Waals surface area (Å²) in [7, 11) is 0. The van der Waals surface area contributed by atoms with Crippen LogP contribution in [0.25, 0.3) is 0 Å². The summed E-state index contributed by atoms with van der Waals surface area (Å²) >= 11 is 0. The van der Waals surface area contributed by atoms with Crippen LogP contribution in [0.3, 0.4) is 0 Å². The average Bonchev–Trinajstić information content (AvgIpc) is 3.00. The van der Waals surface area contributed by atoms with Crippen LogP contribution in [0.1, 0.15) is 25.7 Å². The molecule has 1 N–H and O–H groups in total. The first-order valence-electron chi connectivity index (χ1n) is 7.86. The van der Waals surface area contributed by atoms with Gasteiger partial charge in [0.1, 0.15) is 0 Å². The van der Waals surface area contributed by atoms with Crippen molar-refractivity contribution in [3.05, 3.63) is 28.4 Å². The van der Waals surface area contributed by atoms with Crippen molar-refractivity contribution in [3.63, 3.8) is 0 Å². The maximum Gasteiger partial charge on any atom is 0.363 e. The number of aromatic nitrogens is 1. The molecular formula is C15H22N4O3. The van der Waals surface area contributed by atoms with Gasteiger partial charge in [0.15, 0.2) is 6.20 Å². The van der Waals surface area contributed by atoms with Gasteiger partial charge in [-0.05, 0) is 54.7 Å². The summed E-state index contributed by atoms with van der Waals surface area (Å²) in [5.41, 5.74) is 0.281. The highest BCUT2D eigenvalue weighted by Gasteiger charge is 2.35. The maximum absolute atomic E-state index is 10.7. The van der Waals surface area contributed by atoms with Gasteiger partial charge in [-0.3, -0.25) is 0 Å². The Kier molecular flexibility index (Phi) is 4.26. The van der Waals surface area contributed by atoms with Crippen molar-refractivity contribution in [1.82, 2.24) is 9.88 Å². The molecular weight excluding hydrogens is 284 g/mol. The second-order valence-corrected chi connectivity index (χ2v) is 6.33. The zero-order valence-electron chi connectivity index (χ0n) is 12.6. The highest BCUT2D eigenvalue weighted by atomic mass is 16.6. The van der Waals surface area contributed by atoms with Crippen LogP contribution in [-0.2, 0) is 0 Å². The van der Waals surface area contributed by atoms with Crippen molar-refractivity contribution in [2.45, 2.75) is 31.3 Å². The predicted molar refractivity (Wildman–Crippen MR) is 83.0 cm³/mol. The fourth-order valence-corrected chi connectivity index (χ4v) is 3.37. The topological polar surface area (TPSA) is 82.7 Å². The molecule has 0 saturated carbocycles. The number of rotatable bonds is 4. The SMILES string of the molecule is O=[N+]([O-])c1ccc(N2CCC(O)(CN3CCCC3)CC2)cn1. The summed E-state index contributed by atoms with van der Waals surface area (Å²) in [4.78, 5) is 18.5. The number of hydrogen-bond donors (Lipinski definition) is 1. The van der Waals surface area contributed by atoms with E-state index < -0.39 is 10.5 Å². The van der Waals surface area contributed by atoms with Gasteiger partial charge in [0.05, 0.1) is 11.3 Å². The van der Waals surface area contributed by atoms with Gasteiger partial charge in [0, 0.05) is 25.7 Å². The molecule has 0 unspecified atom stereocenters. The van der Waals surface area contributed by atoms with Gasteiger partial charge in [-0.2, -0.15) is 0 Å². The van der Waals surface area contributed by atoms with Gasteiger partial charge in [0.25, 0.3) is 0 Å². The number of pyridine rings is 1. The lowest BCUT2D eigenvalue weighted by Gasteiger charge is -2.40. The lowest BCUT2D eigenvalue weighted by Crippen LogP contribution is -2.50. The number of nitrogens with zero attached hydrogens (tertiary/aromatic N) is 4. The predicted octanol–water partition coefficient (Wildman–Crippen LogP) is 1.42. The van der Waals surface area contributed by atoms with Crippen molar-refractivity contribution < 1.29 is 10.0 Å². The molecule has 0 radical (unpaired) electrons. The first kappa shape index (κ1) is 15.2. The smallest absolute Gasteiger partial charge is 0.363 e. The van der Waals surface area contributed by atoms with E-state index in [0.717, 1.165) is 51.3 Å². The zero-order chi connectivity index (χ0) is 15.6. The fourth-order valence-electron chi connectivity index (χ4n) is 3.37. The third-order valence-corrected chi connectivity index (χ3v) is 4.70. The molecule has 2 aliphatic heterocycles. The lowest BCUT2D eigenvalue weighted by molar-refractivity contribution is -0.389. The Hall–Kier alpha value is -1.73. The van der Waals surface area contributed by atoms with Crippen molar-refractivity contribution >= 4 is 11.5 Å². The number of β-amino-alcohol motifs (C(OH)–C–C–N with tert-alkyl or cyclic N) is 1. The summed E-state index contributed by atoms with van der Waals surface area (Å²) in [5, 5.41) is 21.4. The van der Waals surface area contributed by atoms with Crippen molar-refractivity contribution in [2.24, 2.45) is 0 Å². The zero-order valence-corrected chi connectivity index (χ0v) is 12.6. The van der Waals surface area contributed by atoms with Crippen LogP contribution in [0, 0.1) is 10.1 Å². The second-order valence-electron chi connectivity index (χ2n) is 6.33. The van der Waals surface area contributed by atoms with Crippen molar-refractivity contribution in [2.75, 3.05) is 37.6 Å². The number of nitro groups is 1. The minimum Gasteiger partial charge on any atom is -0.388 e. The summed E-state index contributed by atoms with van der Waals surface area (Å²) in [6.45, 7) is 4.46. The molecule has 2 aliphatic rings. The van der Waals surface area contributed by atoms with E-state index in [1.54, 1.807) is 12.3 Å². The minimum atomic E-state index is -0.602. The van der Waals surface area contributed by atoms with E-state index in [2.05, 4.69) is 14.8 Å². The number of piperidine rings is 1. The van der Waals surface area contributed by atoms with Crippen LogP contribution < -0.4 is 4.90 Å². The second kappa shape index (κ2) is 6.18. The quantitative estimate of drug-likeness (QED) is 0.669. The van der Waals surface area contributed by atoms with Crippen LogP contribution in [0.4, 0.5) is 11.5 Å². The monoisotopic (exact) mass is 306 g/mol. The molecule has 0 bridgehead atoms. The molecule has 3 heterocycles. The molecule has 0 aromatic carbocycles. The molecule has 7 heteroatoms. The molecule has 1 aromatic heterocycles. The van der Waals surface area contributed by atoms with E-state index in [9.17, 15) is 15.2 Å². The van der Waals surface area contributed by atoms with Crippen LogP contribution in [0.15, 0.2) is 18.3 Å². The highest BCUT2D eigenvalue weighted by Crippen LogP contribution is 2.28. The normalized spacial score (nSPS) is 22.0. The van der Waals surface area contributed by atoms with Gasteiger partial charge in [-0.1, -0.05) is 0 Å². The Morgan fingerprint density at radius 3 is 2.45 bits per heavy atom. The highest BCUT2D eigenvalue weighted by molar-refractivity contribution is 5.47. The van der Waals surface area contributed by atoms with Crippen LogP contribution >= 0.6 is 0 Å². The largest absolute Gasteiger partial charge is 0.388 e. The van der Waals surface area contributed by atoms with E-state index in [4.69, 9.17) is 0 Å². The summed E-state index contributed by atoms with van der Waals surface area (Å²) < 4.78 is 0. The molecule has 22 heavy (non-hydrogen) atoms. The Labute approximate surface area is 129 Å². The molecule has 1 aromatic rings. The standard InChI is InChI=1S/C15H22N4O3/c20-15(12-17-7-1-2-8-17)5-9-18(10-6-15)13-3-4-14(16-11-13)19(21)22/h3-4,11,20H,1-2,5-10,12H2. The number of aliphatic hydroxyl groups is 1. The van der Waals surface area contributed by atoms with E-state index in [1.165, 1.54) is 18.9 Å². The Bertz CT molecular complexity index is 520. The molecule has 0 spiro atoms. The first-order valence-corrected chi connectivity index (χ1v) is 7.86. The molecule has 2 fully saturated rings. The number of anilines is 1. The minimum absolute atomic E-state index is 0.133. The van der Waals surface area contributed by atoms with Crippen LogP contribution in [-0.4, -0.2) is 58.2 Å². The van der Waals surface area contributed by atoms with Crippen LogP contribution in [0.2, 0.25) is 0 Å². The van der Waals surface area contributed by atoms with Crippen LogP contribution in [0.5, 0.6) is 0 Å². The van der Waals surface area contributed by atoms with Gasteiger partial charge in [0.2, 0.25) is 0 Å². The Morgan fingerprint density at radius 1 is 1.23 bits per heavy atom. The molecule has 0 amide bonds. The van der Waals surface area contributed by atoms with Gasteiger partial charge >= 0.3 is 5.82 Å². The fraction of sp³-hybridized carbons (Fsp3) is 0.667. The molecule has 3 rings (SSSR count). The maximum atomic E-state index is 10.7. The van der Waals surface area contributed by atoms with E-state index >= 15 is 0 Å². The lowest BCUT2D eigenvalue weighted by atomic mass is 9.90. The van der Waals surface area contributed by atoms with Crippen molar-refractivity contribution in [3.8, 4) is 0 Å². The summed E-state index contributed by atoms with van der Waals surface area (Å²) in [6.07, 6.45) is 5.46. The van der Waals surface area contributed by atoms with Gasteiger partial charge in [-0.15, -0.1) is 0 Å². The third-order valence-electron chi connectivity index (χ3n) is 4.70. The van der Waals surface area contributed by atoms with Crippen molar-refractivity contribution in [1.29, 1.82) is 0 Å². The third kappa shape index (κ3) is 3.36. The molecule has 120 valence electrons. The Morgan fingerprint density at radius 2 is 1.91 bits per heavy atom. The summed E-state index contributed by atoms with van der Waals surface area (Å²) in [5.74, 6) is -0.133.